The van der Waals surface area contributed by atoms with Gasteiger partial charge in [0.25, 0.3) is 0 Å². The van der Waals surface area contributed by atoms with Crippen molar-refractivity contribution in [2.75, 3.05) is 0 Å². The average Bonchev–Trinajstić information content (AvgIpc) is 1.61. The highest BCUT2D eigenvalue weighted by molar-refractivity contribution is 6.22. The predicted octanol–water partition coefficient (Wildman–Crippen LogP) is -0.111. The Morgan fingerprint density at radius 3 is 2.67 bits per heavy atom. The summed E-state index contributed by atoms with van der Waals surface area (Å²) in [4.78, 5) is 0. The maximum atomic E-state index is 3.51. The van der Waals surface area contributed by atoms with E-state index < -0.39 is 0 Å². The van der Waals surface area contributed by atoms with Crippen LogP contribution in [0.5, 0.6) is 0 Å². The number of allylic oxidation sites excluding steroid dienone is 1. The Morgan fingerprint density at radius 1 is 1.83 bits per heavy atom. The zero-order valence-corrected chi connectivity index (χ0v) is 5.99. The zero-order valence-electron chi connectivity index (χ0n) is 3.99. The van der Waals surface area contributed by atoms with Gasteiger partial charge in [0.15, 0.2) is 0 Å². The van der Waals surface area contributed by atoms with E-state index in [1.807, 2.05) is 6.08 Å². The smallest absolute Gasteiger partial charge is 0.0906 e. The SMILES string of the molecule is C=CCC#C[SiH3]. The highest BCUT2D eigenvalue weighted by atomic mass is 28.1. The molecule has 0 spiro atoms. The summed E-state index contributed by atoms with van der Waals surface area (Å²) >= 11 is 0. The van der Waals surface area contributed by atoms with E-state index in [1.165, 1.54) is 0 Å². The van der Waals surface area contributed by atoms with Gasteiger partial charge >= 0.3 is 0 Å². The van der Waals surface area contributed by atoms with Crippen LogP contribution in [0.4, 0.5) is 0 Å². The van der Waals surface area contributed by atoms with Crippen LogP contribution in [0.3, 0.4) is 0 Å². The van der Waals surface area contributed by atoms with Crippen molar-refractivity contribution in [2.24, 2.45) is 0 Å². The Kier molecular flexibility index (Phi) is 4.15. The molecule has 0 radical (unpaired) electrons. The minimum Gasteiger partial charge on any atom is -0.143 e. The molecule has 0 amide bonds. The van der Waals surface area contributed by atoms with Crippen LogP contribution in [0.25, 0.3) is 0 Å². The van der Waals surface area contributed by atoms with Crippen molar-refractivity contribution in [1.29, 1.82) is 0 Å². The summed E-state index contributed by atoms with van der Waals surface area (Å²) in [6, 6.07) is 0. The van der Waals surface area contributed by atoms with Gasteiger partial charge in [0, 0.05) is 6.42 Å². The molecule has 0 saturated heterocycles. The molecule has 0 fully saturated rings. The summed E-state index contributed by atoms with van der Waals surface area (Å²) in [5.41, 5.74) is 2.89. The first-order valence-electron chi connectivity index (χ1n) is 1.92. The second kappa shape index (κ2) is 4.52. The molecule has 0 aromatic carbocycles. The monoisotopic (exact) mass is 96.0 g/mol. The van der Waals surface area contributed by atoms with Crippen LogP contribution in [0.1, 0.15) is 6.42 Å². The van der Waals surface area contributed by atoms with E-state index in [-0.39, 0.29) is 0 Å². The van der Waals surface area contributed by atoms with E-state index >= 15 is 0 Å². The van der Waals surface area contributed by atoms with E-state index in [4.69, 9.17) is 0 Å². The van der Waals surface area contributed by atoms with Crippen LogP contribution in [-0.4, -0.2) is 10.2 Å². The quantitative estimate of drug-likeness (QED) is 0.243. The molecule has 1 heteroatoms. The predicted molar refractivity (Wildman–Crippen MR) is 32.5 cm³/mol. The highest BCUT2D eigenvalue weighted by Crippen LogP contribution is 1.69. The first-order valence-corrected chi connectivity index (χ1v) is 2.92. The first-order chi connectivity index (χ1) is 2.91. The normalized spacial score (nSPS) is 6.00. The second-order valence-corrected chi connectivity index (χ2v) is 1.42. The molecule has 0 aliphatic heterocycles. The molecular formula is C5H8Si. The lowest BCUT2D eigenvalue weighted by Gasteiger charge is -1.64. The van der Waals surface area contributed by atoms with Crippen molar-refractivity contribution in [1.82, 2.24) is 0 Å². The number of hydrogen-bond donors (Lipinski definition) is 0. The summed E-state index contributed by atoms with van der Waals surface area (Å²) in [5.74, 6) is 2.89. The van der Waals surface area contributed by atoms with Gasteiger partial charge < -0.3 is 0 Å². The third kappa shape index (κ3) is 3.52. The molecule has 32 valence electrons. The van der Waals surface area contributed by atoms with Crippen molar-refractivity contribution < 1.29 is 0 Å². The van der Waals surface area contributed by atoms with Gasteiger partial charge in [-0.25, -0.2) is 0 Å². The summed E-state index contributed by atoms with van der Waals surface area (Å²) in [6.07, 6.45) is 2.66. The topological polar surface area (TPSA) is 0 Å². The van der Waals surface area contributed by atoms with Crippen molar-refractivity contribution in [3.05, 3.63) is 12.7 Å². The lowest BCUT2D eigenvalue weighted by Crippen LogP contribution is -1.53. The molecule has 6 heavy (non-hydrogen) atoms. The van der Waals surface area contributed by atoms with Gasteiger partial charge in [-0.3, -0.25) is 0 Å². The Balaban J connectivity index is 3.00. The lowest BCUT2D eigenvalue weighted by molar-refractivity contribution is 1.49. The van der Waals surface area contributed by atoms with Gasteiger partial charge in [-0.1, -0.05) is 6.08 Å². The molecule has 0 rings (SSSR count). The molecule has 0 nitrogen and oxygen atoms in total. The molecule has 0 saturated carbocycles. The fraction of sp³-hybridized carbons (Fsp3) is 0.200. The van der Waals surface area contributed by atoms with E-state index in [9.17, 15) is 0 Å². The van der Waals surface area contributed by atoms with E-state index in [0.717, 1.165) is 16.7 Å². The maximum Gasteiger partial charge on any atom is 0.0906 e. The molecular weight excluding hydrogens is 88.1 g/mol. The van der Waals surface area contributed by atoms with Gasteiger partial charge in [0.2, 0.25) is 0 Å². The van der Waals surface area contributed by atoms with Crippen LogP contribution < -0.4 is 0 Å². The minimum atomic E-state index is 0.851. The molecule has 0 atom stereocenters. The third-order valence-corrected chi connectivity index (χ3v) is 0.777. The molecule has 0 aliphatic rings. The Labute approximate surface area is 41.7 Å². The molecule has 0 heterocycles. The van der Waals surface area contributed by atoms with Crippen molar-refractivity contribution in [3.8, 4) is 11.5 Å². The zero-order chi connectivity index (χ0) is 4.83. The highest BCUT2D eigenvalue weighted by Gasteiger charge is 1.55. The minimum absolute atomic E-state index is 0.851. The Hall–Kier alpha value is -0.483. The lowest BCUT2D eigenvalue weighted by atomic mass is 10.5. The fourth-order valence-corrected chi connectivity index (χ4v) is 0.378. The van der Waals surface area contributed by atoms with Crippen molar-refractivity contribution in [3.63, 3.8) is 0 Å². The molecule has 0 unspecified atom stereocenters. The summed E-state index contributed by atoms with van der Waals surface area (Å²) < 4.78 is 0. The average molecular weight is 96.2 g/mol. The standard InChI is InChI=1S/C5H8Si/c1-2-3-4-5-6/h2H,1,3H2,6H3. The summed E-state index contributed by atoms with van der Waals surface area (Å²) in [5, 5.41) is 0. The maximum absolute atomic E-state index is 3.51. The second-order valence-electron chi connectivity index (χ2n) is 0.920. The summed E-state index contributed by atoms with van der Waals surface area (Å²) in [7, 11) is 0.994. The third-order valence-electron chi connectivity index (χ3n) is 0.423. The van der Waals surface area contributed by atoms with Crippen molar-refractivity contribution >= 4 is 10.2 Å². The molecule has 0 aliphatic carbocycles. The van der Waals surface area contributed by atoms with E-state index in [2.05, 4.69) is 18.0 Å². The van der Waals surface area contributed by atoms with Gasteiger partial charge in [-0.15, -0.1) is 18.0 Å². The number of hydrogen-bond acceptors (Lipinski definition) is 0. The van der Waals surface area contributed by atoms with E-state index in [0.29, 0.717) is 0 Å². The Bertz CT molecular complexity index is 83.8. The fourth-order valence-electron chi connectivity index (χ4n) is 0.174. The van der Waals surface area contributed by atoms with Gasteiger partial charge in [-0.05, 0) is 0 Å². The van der Waals surface area contributed by atoms with E-state index in [1.54, 1.807) is 0 Å². The van der Waals surface area contributed by atoms with Crippen molar-refractivity contribution in [2.45, 2.75) is 6.42 Å². The number of rotatable bonds is 1. The summed E-state index contributed by atoms with van der Waals surface area (Å²) in [6.45, 7) is 3.51. The molecule has 0 bridgehead atoms. The van der Waals surface area contributed by atoms with Crippen LogP contribution in [0, 0.1) is 11.5 Å². The van der Waals surface area contributed by atoms with Crippen LogP contribution >= 0.6 is 0 Å². The van der Waals surface area contributed by atoms with Gasteiger partial charge in [-0.2, -0.15) is 0 Å². The largest absolute Gasteiger partial charge is 0.143 e. The van der Waals surface area contributed by atoms with Crippen LogP contribution in [0.2, 0.25) is 0 Å². The van der Waals surface area contributed by atoms with Crippen LogP contribution in [-0.2, 0) is 0 Å². The molecule has 0 aromatic rings. The van der Waals surface area contributed by atoms with Crippen LogP contribution in [0.15, 0.2) is 12.7 Å². The van der Waals surface area contributed by atoms with Gasteiger partial charge in [0.1, 0.15) is 0 Å². The molecule has 0 aromatic heterocycles. The first kappa shape index (κ1) is 5.52. The molecule has 0 N–H and O–H groups in total. The van der Waals surface area contributed by atoms with Gasteiger partial charge in [0.05, 0.1) is 10.2 Å². The Morgan fingerprint density at radius 2 is 2.50 bits per heavy atom.